The lowest BCUT2D eigenvalue weighted by Crippen LogP contribution is -2.38. The molecule has 0 aliphatic heterocycles. The zero-order chi connectivity index (χ0) is 19.4. The molecule has 0 aromatic heterocycles. The molecule has 1 aliphatic rings. The van der Waals surface area contributed by atoms with Gasteiger partial charge in [0.1, 0.15) is 11.6 Å². The van der Waals surface area contributed by atoms with Crippen LogP contribution in [0.1, 0.15) is 57.1 Å². The maximum Gasteiger partial charge on any atom is 0.235 e. The summed E-state index contributed by atoms with van der Waals surface area (Å²) in [4.78, 5) is 13.2. The van der Waals surface area contributed by atoms with Crippen molar-refractivity contribution in [3.05, 3.63) is 59.4 Å². The maximum absolute atomic E-state index is 14.5. The Bertz CT molecular complexity index is 812. The van der Waals surface area contributed by atoms with Crippen LogP contribution in [-0.2, 0) is 10.2 Å². The number of amides is 1. The number of ether oxygens (including phenoxy) is 1. The van der Waals surface area contributed by atoms with Gasteiger partial charge < -0.3 is 10.1 Å². The molecule has 0 spiro atoms. The van der Waals surface area contributed by atoms with E-state index in [1.165, 1.54) is 6.07 Å². The summed E-state index contributed by atoms with van der Waals surface area (Å²) in [7, 11) is 0. The van der Waals surface area contributed by atoms with Crippen molar-refractivity contribution in [2.45, 2.75) is 64.4 Å². The predicted molar refractivity (Wildman–Crippen MR) is 107 cm³/mol. The highest BCUT2D eigenvalue weighted by atomic mass is 19.1. The van der Waals surface area contributed by atoms with E-state index in [0.29, 0.717) is 18.4 Å². The minimum Gasteiger partial charge on any atom is -0.490 e. The van der Waals surface area contributed by atoms with Crippen molar-refractivity contribution in [2.24, 2.45) is 0 Å². The van der Waals surface area contributed by atoms with E-state index in [9.17, 15) is 9.18 Å². The van der Waals surface area contributed by atoms with Crippen molar-refractivity contribution in [3.63, 3.8) is 0 Å². The Labute approximate surface area is 160 Å². The third-order valence-electron chi connectivity index (χ3n) is 5.62. The molecule has 1 aliphatic carbocycles. The van der Waals surface area contributed by atoms with E-state index >= 15 is 0 Å². The van der Waals surface area contributed by atoms with E-state index in [0.717, 1.165) is 36.3 Å². The standard InChI is InChI=1S/C23H28FNO2/c1-4-17(3)27-21-12-11-18(15-16(21)2)25-22(26)23(13-7-8-14-23)19-9-5-6-10-20(19)24/h5-6,9-12,15,17H,4,7-8,13-14H2,1-3H3,(H,25,26)/t17-/m1/s1. The van der Waals surface area contributed by atoms with Gasteiger partial charge >= 0.3 is 0 Å². The highest BCUT2D eigenvalue weighted by molar-refractivity contribution is 5.99. The average Bonchev–Trinajstić information content (AvgIpc) is 3.15. The monoisotopic (exact) mass is 369 g/mol. The number of halogens is 1. The van der Waals surface area contributed by atoms with E-state index in [2.05, 4.69) is 12.2 Å². The van der Waals surface area contributed by atoms with Crippen LogP contribution in [-0.4, -0.2) is 12.0 Å². The quantitative estimate of drug-likeness (QED) is 0.703. The van der Waals surface area contributed by atoms with E-state index in [4.69, 9.17) is 4.74 Å². The number of hydrogen-bond acceptors (Lipinski definition) is 2. The van der Waals surface area contributed by atoms with Gasteiger partial charge in [0.05, 0.1) is 11.5 Å². The second kappa shape index (κ2) is 8.12. The zero-order valence-electron chi connectivity index (χ0n) is 16.3. The van der Waals surface area contributed by atoms with Gasteiger partial charge in [-0.3, -0.25) is 4.79 Å². The number of aryl methyl sites for hydroxylation is 1. The van der Waals surface area contributed by atoms with Crippen molar-refractivity contribution < 1.29 is 13.9 Å². The Balaban J connectivity index is 1.83. The minimum atomic E-state index is -0.787. The van der Waals surface area contributed by atoms with Crippen LogP contribution in [0.5, 0.6) is 5.75 Å². The SMILES string of the molecule is CC[C@@H](C)Oc1ccc(NC(=O)C2(c3ccccc3F)CCCC2)cc1C. The molecule has 4 heteroatoms. The molecule has 1 N–H and O–H groups in total. The van der Waals surface area contributed by atoms with Gasteiger partial charge in [-0.25, -0.2) is 4.39 Å². The summed E-state index contributed by atoms with van der Waals surface area (Å²) in [6.07, 6.45) is 4.29. The number of nitrogens with one attached hydrogen (secondary N) is 1. The van der Waals surface area contributed by atoms with E-state index in [1.807, 2.05) is 32.0 Å². The highest BCUT2D eigenvalue weighted by Crippen LogP contribution is 2.43. The van der Waals surface area contributed by atoms with Crippen LogP contribution in [0.2, 0.25) is 0 Å². The van der Waals surface area contributed by atoms with Crippen LogP contribution >= 0.6 is 0 Å². The van der Waals surface area contributed by atoms with Crippen molar-refractivity contribution in [1.29, 1.82) is 0 Å². The summed E-state index contributed by atoms with van der Waals surface area (Å²) < 4.78 is 20.4. The molecule has 1 saturated carbocycles. The second-order valence-corrected chi connectivity index (χ2v) is 7.54. The first-order chi connectivity index (χ1) is 13.0. The molecule has 2 aromatic rings. The highest BCUT2D eigenvalue weighted by Gasteiger charge is 2.44. The molecule has 2 aromatic carbocycles. The molecule has 0 saturated heterocycles. The molecular weight excluding hydrogens is 341 g/mol. The maximum atomic E-state index is 14.5. The molecule has 3 rings (SSSR count). The van der Waals surface area contributed by atoms with Crippen molar-refractivity contribution >= 4 is 11.6 Å². The predicted octanol–water partition coefficient (Wildman–Crippen LogP) is 5.76. The molecule has 0 unspecified atom stereocenters. The normalized spacial score (nSPS) is 16.7. The largest absolute Gasteiger partial charge is 0.490 e. The van der Waals surface area contributed by atoms with Crippen LogP contribution in [0.3, 0.4) is 0 Å². The molecule has 1 atom stereocenters. The fourth-order valence-corrected chi connectivity index (χ4v) is 3.86. The minimum absolute atomic E-state index is 0.125. The number of anilines is 1. The lowest BCUT2D eigenvalue weighted by Gasteiger charge is -2.29. The Morgan fingerprint density at radius 1 is 1.22 bits per heavy atom. The smallest absolute Gasteiger partial charge is 0.235 e. The summed E-state index contributed by atoms with van der Waals surface area (Å²) in [5, 5.41) is 3.02. The topological polar surface area (TPSA) is 38.3 Å². The van der Waals surface area contributed by atoms with Crippen molar-refractivity contribution in [3.8, 4) is 5.75 Å². The van der Waals surface area contributed by atoms with Gasteiger partial charge in [-0.15, -0.1) is 0 Å². The average molecular weight is 369 g/mol. The lowest BCUT2D eigenvalue weighted by molar-refractivity contribution is -0.121. The van der Waals surface area contributed by atoms with Gasteiger partial charge in [0.15, 0.2) is 0 Å². The van der Waals surface area contributed by atoms with Crippen LogP contribution in [0.15, 0.2) is 42.5 Å². The number of carbonyl (C=O) groups excluding carboxylic acids is 1. The van der Waals surface area contributed by atoms with Gasteiger partial charge in [-0.05, 0) is 62.9 Å². The summed E-state index contributed by atoms with van der Waals surface area (Å²) >= 11 is 0. The Hall–Kier alpha value is -2.36. The van der Waals surface area contributed by atoms with Crippen LogP contribution in [0, 0.1) is 12.7 Å². The summed E-state index contributed by atoms with van der Waals surface area (Å²) in [5.41, 5.74) is 1.41. The van der Waals surface area contributed by atoms with Gasteiger partial charge in [0.2, 0.25) is 5.91 Å². The van der Waals surface area contributed by atoms with Gasteiger partial charge in [0.25, 0.3) is 0 Å². The van der Waals surface area contributed by atoms with Gasteiger partial charge in [0, 0.05) is 11.3 Å². The van der Waals surface area contributed by atoms with Crippen molar-refractivity contribution in [1.82, 2.24) is 0 Å². The second-order valence-electron chi connectivity index (χ2n) is 7.54. The van der Waals surface area contributed by atoms with Crippen molar-refractivity contribution in [2.75, 3.05) is 5.32 Å². The fraction of sp³-hybridized carbons (Fsp3) is 0.435. The summed E-state index contributed by atoms with van der Waals surface area (Å²) in [6.45, 7) is 6.08. The molecule has 3 nitrogen and oxygen atoms in total. The summed E-state index contributed by atoms with van der Waals surface area (Å²) in [6, 6.07) is 12.3. The Kier molecular flexibility index (Phi) is 5.83. The molecule has 144 valence electrons. The van der Waals surface area contributed by atoms with Crippen LogP contribution in [0.25, 0.3) is 0 Å². The lowest BCUT2D eigenvalue weighted by atomic mass is 9.77. The number of rotatable bonds is 6. The number of hydrogen-bond donors (Lipinski definition) is 1. The molecule has 0 radical (unpaired) electrons. The van der Waals surface area contributed by atoms with E-state index in [-0.39, 0.29) is 17.8 Å². The van der Waals surface area contributed by atoms with Crippen LogP contribution < -0.4 is 10.1 Å². The number of carbonyl (C=O) groups is 1. The third-order valence-corrected chi connectivity index (χ3v) is 5.62. The summed E-state index contributed by atoms with van der Waals surface area (Å²) in [5.74, 6) is 0.398. The van der Waals surface area contributed by atoms with Crippen LogP contribution in [0.4, 0.5) is 10.1 Å². The molecule has 1 amide bonds. The Morgan fingerprint density at radius 2 is 1.93 bits per heavy atom. The molecule has 27 heavy (non-hydrogen) atoms. The van der Waals surface area contributed by atoms with Gasteiger partial charge in [-0.1, -0.05) is 38.0 Å². The zero-order valence-corrected chi connectivity index (χ0v) is 16.3. The third kappa shape index (κ3) is 4.00. The van der Waals surface area contributed by atoms with E-state index in [1.54, 1.807) is 18.2 Å². The van der Waals surface area contributed by atoms with E-state index < -0.39 is 5.41 Å². The molecule has 0 bridgehead atoms. The first kappa shape index (κ1) is 19.4. The fourth-order valence-electron chi connectivity index (χ4n) is 3.86. The Morgan fingerprint density at radius 3 is 2.56 bits per heavy atom. The first-order valence-electron chi connectivity index (χ1n) is 9.80. The van der Waals surface area contributed by atoms with Gasteiger partial charge in [-0.2, -0.15) is 0 Å². The number of benzene rings is 2. The molecular formula is C23H28FNO2. The first-order valence-corrected chi connectivity index (χ1v) is 9.80. The molecule has 0 heterocycles. The molecule has 1 fully saturated rings.